The van der Waals surface area contributed by atoms with E-state index in [1.807, 2.05) is 79.3 Å². The Morgan fingerprint density at radius 2 is 1.57 bits per heavy atom. The van der Waals surface area contributed by atoms with E-state index in [0.29, 0.717) is 55.9 Å². The van der Waals surface area contributed by atoms with Crippen LogP contribution >= 0.6 is 0 Å². The quantitative estimate of drug-likeness (QED) is 0.321. The van der Waals surface area contributed by atoms with Crippen LogP contribution in [0.15, 0.2) is 30.5 Å². The van der Waals surface area contributed by atoms with Gasteiger partial charge in [-0.3, -0.25) is 4.79 Å². The number of esters is 1. The molecule has 0 saturated carbocycles. The Morgan fingerprint density at radius 1 is 0.955 bits per heavy atom. The first-order valence-electron chi connectivity index (χ1n) is 15.7. The van der Waals surface area contributed by atoms with Crippen molar-refractivity contribution in [1.82, 2.24) is 14.9 Å². The molecule has 1 N–H and O–H groups in total. The van der Waals surface area contributed by atoms with E-state index in [1.165, 1.54) is 0 Å². The van der Waals surface area contributed by atoms with Crippen LogP contribution in [0.4, 0.5) is 22.2 Å². The minimum Gasteiger partial charge on any atom is -0.458 e. The molecule has 0 aliphatic carbocycles. The summed E-state index contributed by atoms with van der Waals surface area (Å²) in [6, 6.07) is 6.27. The van der Waals surface area contributed by atoms with Crippen molar-refractivity contribution in [2.24, 2.45) is 5.41 Å². The third kappa shape index (κ3) is 9.30. The van der Waals surface area contributed by atoms with Gasteiger partial charge >= 0.3 is 12.1 Å². The highest BCUT2D eigenvalue weighted by Crippen LogP contribution is 2.31. The van der Waals surface area contributed by atoms with Crippen LogP contribution < -0.4 is 19.9 Å². The predicted molar refractivity (Wildman–Crippen MR) is 173 cm³/mol. The van der Waals surface area contributed by atoms with Gasteiger partial charge in [0, 0.05) is 44.6 Å². The second kappa shape index (κ2) is 14.7. The molecule has 11 heteroatoms. The number of amides is 2. The topological polar surface area (TPSA) is 117 Å². The van der Waals surface area contributed by atoms with E-state index in [-0.39, 0.29) is 18.4 Å². The molecule has 0 unspecified atom stereocenters. The van der Waals surface area contributed by atoms with Crippen molar-refractivity contribution in [3.05, 3.63) is 36.0 Å². The van der Waals surface area contributed by atoms with Crippen LogP contribution in [0.3, 0.4) is 0 Å². The minimum atomic E-state index is -0.839. The van der Waals surface area contributed by atoms with Gasteiger partial charge in [-0.05, 0) is 72.1 Å². The average molecular weight is 611 g/mol. The Hall–Kier alpha value is -3.89. The number of carbonyl (C=O) groups excluding carboxylic acids is 3. The average Bonchev–Trinajstić information content (AvgIpc) is 3.50. The summed E-state index contributed by atoms with van der Waals surface area (Å²) in [5, 5.41) is 3.33. The fourth-order valence-corrected chi connectivity index (χ4v) is 4.88. The van der Waals surface area contributed by atoms with Crippen LogP contribution in [-0.4, -0.2) is 77.2 Å². The largest absolute Gasteiger partial charge is 0.458 e. The monoisotopic (exact) mass is 610 g/mol. The number of hydrogen-bond donors (Lipinski definition) is 1. The number of ether oxygens (including phenoxy) is 2. The van der Waals surface area contributed by atoms with Crippen LogP contribution in [0, 0.1) is 5.41 Å². The molecule has 1 aromatic carbocycles. The van der Waals surface area contributed by atoms with Crippen molar-refractivity contribution in [2.75, 3.05) is 47.8 Å². The lowest BCUT2D eigenvalue weighted by molar-refractivity contribution is -0.155. The summed E-state index contributed by atoms with van der Waals surface area (Å²) in [6.07, 6.45) is 3.52. The van der Waals surface area contributed by atoms with Gasteiger partial charge in [-0.25, -0.2) is 14.6 Å². The van der Waals surface area contributed by atoms with Crippen molar-refractivity contribution in [3.63, 3.8) is 0 Å². The maximum atomic E-state index is 13.6. The number of carbonyl (C=O) groups is 3. The summed E-state index contributed by atoms with van der Waals surface area (Å²) >= 11 is 0. The van der Waals surface area contributed by atoms with Gasteiger partial charge in [-0.1, -0.05) is 32.9 Å². The molecule has 3 rings (SSSR count). The fourth-order valence-electron chi connectivity index (χ4n) is 4.88. The van der Waals surface area contributed by atoms with E-state index >= 15 is 0 Å². The van der Waals surface area contributed by atoms with E-state index in [0.717, 1.165) is 18.4 Å². The third-order valence-corrected chi connectivity index (χ3v) is 7.23. The van der Waals surface area contributed by atoms with Crippen molar-refractivity contribution in [2.45, 2.75) is 93.2 Å². The van der Waals surface area contributed by atoms with Crippen molar-refractivity contribution < 1.29 is 23.9 Å². The van der Waals surface area contributed by atoms with Crippen LogP contribution in [0.25, 0.3) is 0 Å². The molecule has 1 saturated heterocycles. The molecule has 2 aromatic rings. The number of nitrogens with one attached hydrogen (secondary N) is 1. The molecule has 1 aliphatic rings. The van der Waals surface area contributed by atoms with Gasteiger partial charge < -0.3 is 29.5 Å². The van der Waals surface area contributed by atoms with Crippen LogP contribution in [-0.2, 0) is 20.7 Å². The van der Waals surface area contributed by atoms with Gasteiger partial charge in [-0.15, -0.1) is 0 Å². The summed E-state index contributed by atoms with van der Waals surface area (Å²) < 4.78 is 11.4. The number of hydrogen-bond acceptors (Lipinski definition) is 9. The second-order valence-electron chi connectivity index (χ2n) is 13.0. The van der Waals surface area contributed by atoms with Crippen LogP contribution in [0.1, 0.15) is 80.7 Å². The van der Waals surface area contributed by atoms with E-state index in [2.05, 4.69) is 10.3 Å². The number of anilines is 3. The molecule has 1 atom stereocenters. The molecule has 0 radical (unpaired) electrons. The van der Waals surface area contributed by atoms with Gasteiger partial charge in [0.2, 0.25) is 11.9 Å². The molecule has 242 valence electrons. The number of likely N-dealkylation sites (tertiary alicyclic amines) is 1. The van der Waals surface area contributed by atoms with Gasteiger partial charge in [0.25, 0.3) is 0 Å². The lowest BCUT2D eigenvalue weighted by Crippen LogP contribution is -2.42. The highest BCUT2D eigenvalue weighted by molar-refractivity contribution is 5.99. The summed E-state index contributed by atoms with van der Waals surface area (Å²) in [4.78, 5) is 54.3. The highest BCUT2D eigenvalue weighted by Gasteiger charge is 2.32. The predicted octanol–water partition coefficient (Wildman–Crippen LogP) is 5.68. The molecular formula is C33H50N6O5. The lowest BCUT2D eigenvalue weighted by atomic mass is 9.94. The summed E-state index contributed by atoms with van der Waals surface area (Å²) in [5.41, 5.74) is -0.0495. The molecule has 2 amide bonds. The fraction of sp³-hybridized carbons (Fsp3) is 0.606. The zero-order chi connectivity index (χ0) is 32.7. The standard InChI is InChI=1S/C33H50N6O5/c1-10-37(11-2)30-34-22-26(39(12-3)29(41)32(4,5)6)27(36-30)35-25(28(40)44-33(7,8)9)21-23-15-17-24(18-16-23)43-31(42)38-19-13-14-20-38/h15-18,22,25H,10-14,19-21H2,1-9H3,(H,34,35,36)/t25-/m1/s1. The molecule has 0 spiro atoms. The molecule has 11 nitrogen and oxygen atoms in total. The van der Waals surface area contributed by atoms with Gasteiger partial charge in [0.05, 0.1) is 6.20 Å². The number of rotatable bonds is 11. The third-order valence-electron chi connectivity index (χ3n) is 7.23. The first-order valence-corrected chi connectivity index (χ1v) is 15.7. The highest BCUT2D eigenvalue weighted by atomic mass is 16.6. The minimum absolute atomic E-state index is 0.0878. The number of benzene rings is 1. The smallest absolute Gasteiger partial charge is 0.415 e. The molecular weight excluding hydrogens is 560 g/mol. The number of aromatic nitrogens is 2. The summed E-state index contributed by atoms with van der Waals surface area (Å²) in [5.74, 6) is 0.756. The maximum absolute atomic E-state index is 13.6. The molecule has 1 fully saturated rings. The Balaban J connectivity index is 1.97. The first-order chi connectivity index (χ1) is 20.7. The molecule has 0 bridgehead atoms. The second-order valence-corrected chi connectivity index (χ2v) is 13.0. The van der Waals surface area contributed by atoms with Crippen molar-refractivity contribution in [3.8, 4) is 5.75 Å². The van der Waals surface area contributed by atoms with Gasteiger partial charge in [-0.2, -0.15) is 4.98 Å². The molecule has 2 heterocycles. The Bertz CT molecular complexity index is 1280. The van der Waals surface area contributed by atoms with Crippen molar-refractivity contribution in [1.29, 1.82) is 0 Å². The Morgan fingerprint density at radius 3 is 2.09 bits per heavy atom. The Kier molecular flexibility index (Phi) is 11.6. The van der Waals surface area contributed by atoms with Crippen LogP contribution in [0.2, 0.25) is 0 Å². The molecule has 1 aliphatic heterocycles. The molecule has 1 aromatic heterocycles. The van der Waals surface area contributed by atoms with Crippen molar-refractivity contribution >= 4 is 35.4 Å². The lowest BCUT2D eigenvalue weighted by Gasteiger charge is -2.31. The normalized spacial score (nSPS) is 14.2. The van der Waals surface area contributed by atoms with E-state index in [1.54, 1.807) is 28.1 Å². The first kappa shape index (κ1) is 34.6. The Labute approximate surface area is 262 Å². The van der Waals surface area contributed by atoms with E-state index < -0.39 is 23.0 Å². The zero-order valence-electron chi connectivity index (χ0n) is 27.9. The summed E-state index contributed by atoms with van der Waals surface area (Å²) in [6.45, 7) is 20.2. The van der Waals surface area contributed by atoms with Gasteiger partial charge in [0.15, 0.2) is 5.82 Å². The summed E-state index contributed by atoms with van der Waals surface area (Å²) in [7, 11) is 0. The van der Waals surface area contributed by atoms with E-state index in [4.69, 9.17) is 14.5 Å². The van der Waals surface area contributed by atoms with E-state index in [9.17, 15) is 14.4 Å². The SMILES string of the molecule is CCN(CC)c1ncc(N(CC)C(=O)C(C)(C)C)c(N[C@H](Cc2ccc(OC(=O)N3CCCC3)cc2)C(=O)OC(C)(C)C)n1. The zero-order valence-corrected chi connectivity index (χ0v) is 27.9. The molecule has 44 heavy (non-hydrogen) atoms. The maximum Gasteiger partial charge on any atom is 0.415 e. The van der Waals surface area contributed by atoms with Gasteiger partial charge in [0.1, 0.15) is 23.1 Å². The van der Waals surface area contributed by atoms with Crippen LogP contribution in [0.5, 0.6) is 5.75 Å². The number of nitrogens with zero attached hydrogens (tertiary/aromatic N) is 5.